The molecule has 0 aliphatic carbocycles. The number of amides is 1. The molecule has 0 spiro atoms. The lowest BCUT2D eigenvalue weighted by Crippen LogP contribution is -2.18. The minimum absolute atomic E-state index is 0.0618. The van der Waals surface area contributed by atoms with Gasteiger partial charge in [0.1, 0.15) is 30.5 Å². The van der Waals surface area contributed by atoms with Gasteiger partial charge in [0.2, 0.25) is 0 Å². The van der Waals surface area contributed by atoms with Crippen LogP contribution in [0, 0.1) is 28.4 Å². The number of aryl methyl sites for hydroxylation is 1. The maximum atomic E-state index is 12.4. The molecule has 1 N–H and O–H groups in total. The van der Waals surface area contributed by atoms with Crippen LogP contribution in [-0.4, -0.2) is 24.0 Å². The molecule has 1 amide bonds. The van der Waals surface area contributed by atoms with Crippen LogP contribution in [0.2, 0.25) is 0 Å². The van der Waals surface area contributed by atoms with Gasteiger partial charge in [-0.25, -0.2) is 0 Å². The minimum atomic E-state index is -0.736. The molecule has 1 aromatic carbocycles. The van der Waals surface area contributed by atoms with Crippen LogP contribution >= 0.6 is 11.3 Å². The lowest BCUT2D eigenvalue weighted by atomic mass is 10.1. The molecule has 0 atom stereocenters. The lowest BCUT2D eigenvalue weighted by molar-refractivity contribution is -0.384. The average Bonchev–Trinajstić information content (AvgIpc) is 3.03. The number of benzene rings is 1. The monoisotopic (exact) mass is 371 g/mol. The fraction of sp³-hybridized carbons (Fsp3) is 0.176. The molecule has 0 fully saturated rings. The highest BCUT2D eigenvalue weighted by Gasteiger charge is 2.24. The number of nitrogens with zero attached hydrogens (tertiary/aromatic N) is 2. The number of nitro benzene ring substituents is 1. The maximum absolute atomic E-state index is 12.4. The van der Waals surface area contributed by atoms with Gasteiger partial charge in [-0.3, -0.25) is 14.9 Å². The number of ether oxygens (including phenoxy) is 2. The number of hydrogen-bond acceptors (Lipinski definition) is 7. The molecule has 2 heterocycles. The predicted octanol–water partition coefficient (Wildman–Crippen LogP) is 3.28. The zero-order chi connectivity index (χ0) is 18.7. The van der Waals surface area contributed by atoms with Crippen LogP contribution in [0.4, 0.5) is 11.4 Å². The third kappa shape index (κ3) is 3.50. The number of carbonyl (C=O) groups excluding carboxylic acids is 1. The molecule has 0 bridgehead atoms. The van der Waals surface area contributed by atoms with E-state index in [9.17, 15) is 20.2 Å². The summed E-state index contributed by atoms with van der Waals surface area (Å²) in [6.45, 7) is 2.46. The van der Waals surface area contributed by atoms with Crippen molar-refractivity contribution in [1.29, 1.82) is 5.26 Å². The zero-order valence-corrected chi connectivity index (χ0v) is 14.5. The van der Waals surface area contributed by atoms with Crippen LogP contribution in [-0.2, 0) is 4.79 Å². The van der Waals surface area contributed by atoms with Crippen molar-refractivity contribution < 1.29 is 19.2 Å². The van der Waals surface area contributed by atoms with Crippen molar-refractivity contribution in [3.63, 3.8) is 0 Å². The van der Waals surface area contributed by atoms with Crippen molar-refractivity contribution in [2.24, 2.45) is 0 Å². The molecule has 0 saturated heterocycles. The molecular weight excluding hydrogens is 358 g/mol. The van der Waals surface area contributed by atoms with E-state index in [-0.39, 0.29) is 29.3 Å². The van der Waals surface area contributed by atoms with Gasteiger partial charge in [-0.2, -0.15) is 5.26 Å². The molecule has 0 radical (unpaired) electrons. The molecule has 0 saturated carbocycles. The Morgan fingerprint density at radius 1 is 1.38 bits per heavy atom. The summed E-state index contributed by atoms with van der Waals surface area (Å²) in [5.74, 6) is -0.194. The molecule has 8 nitrogen and oxygen atoms in total. The molecule has 9 heteroatoms. The van der Waals surface area contributed by atoms with E-state index in [0.717, 1.165) is 10.4 Å². The Kier molecular flexibility index (Phi) is 4.86. The second kappa shape index (κ2) is 7.25. The van der Waals surface area contributed by atoms with Gasteiger partial charge in [-0.1, -0.05) is 0 Å². The quantitative estimate of drug-likeness (QED) is 0.382. The average molecular weight is 371 g/mol. The van der Waals surface area contributed by atoms with Gasteiger partial charge in [0.15, 0.2) is 11.5 Å². The summed E-state index contributed by atoms with van der Waals surface area (Å²) in [7, 11) is 0. The van der Waals surface area contributed by atoms with Gasteiger partial charge >= 0.3 is 0 Å². The first-order chi connectivity index (χ1) is 12.5. The molecule has 1 aromatic heterocycles. The van der Waals surface area contributed by atoms with Crippen LogP contribution in [0.25, 0.3) is 6.08 Å². The van der Waals surface area contributed by atoms with E-state index >= 15 is 0 Å². The number of fused-ring (bicyclic) bond motifs is 1. The SMILES string of the molecule is Cc1ccsc1/C=C(\C#N)C(=O)Nc1cc2c(cc1[N+](=O)[O-])OCCO2. The fourth-order valence-corrected chi connectivity index (χ4v) is 3.19. The van der Waals surface area contributed by atoms with E-state index in [2.05, 4.69) is 5.32 Å². The Morgan fingerprint density at radius 2 is 2.08 bits per heavy atom. The van der Waals surface area contributed by atoms with Crippen LogP contribution in [0.5, 0.6) is 11.5 Å². The number of nitro groups is 1. The predicted molar refractivity (Wildman–Crippen MR) is 95.4 cm³/mol. The van der Waals surface area contributed by atoms with Gasteiger partial charge in [0, 0.05) is 10.9 Å². The summed E-state index contributed by atoms with van der Waals surface area (Å²) in [5, 5.41) is 24.9. The Balaban J connectivity index is 1.93. The standard InChI is InChI=1S/C17H13N3O5S/c1-10-2-5-26-16(10)6-11(9-18)17(21)19-12-7-14-15(25-4-3-24-14)8-13(12)20(22)23/h2,5-8H,3-4H2,1H3,(H,19,21)/b11-6+. The first-order valence-corrected chi connectivity index (χ1v) is 8.43. The highest BCUT2D eigenvalue weighted by molar-refractivity contribution is 7.11. The van der Waals surface area contributed by atoms with Crippen LogP contribution in [0.1, 0.15) is 10.4 Å². The third-order valence-electron chi connectivity index (χ3n) is 3.65. The number of nitrogens with one attached hydrogen (secondary N) is 1. The molecule has 1 aliphatic rings. The molecule has 2 aromatic rings. The summed E-state index contributed by atoms with van der Waals surface area (Å²) >= 11 is 1.39. The maximum Gasteiger partial charge on any atom is 0.296 e. The minimum Gasteiger partial charge on any atom is -0.486 e. The Hall–Kier alpha value is -3.38. The first kappa shape index (κ1) is 17.4. The van der Waals surface area contributed by atoms with E-state index < -0.39 is 10.8 Å². The number of rotatable bonds is 4. The van der Waals surface area contributed by atoms with Crippen molar-refractivity contribution in [3.8, 4) is 17.6 Å². The molecule has 3 rings (SSSR count). The normalized spacial score (nSPS) is 13.0. The molecular formula is C17H13N3O5S. The largest absolute Gasteiger partial charge is 0.486 e. The van der Waals surface area contributed by atoms with Crippen LogP contribution < -0.4 is 14.8 Å². The highest BCUT2D eigenvalue weighted by Crippen LogP contribution is 2.39. The first-order valence-electron chi connectivity index (χ1n) is 7.55. The summed E-state index contributed by atoms with van der Waals surface area (Å²) < 4.78 is 10.7. The summed E-state index contributed by atoms with van der Waals surface area (Å²) in [6, 6.07) is 6.23. The van der Waals surface area contributed by atoms with Crippen LogP contribution in [0.3, 0.4) is 0 Å². The van der Waals surface area contributed by atoms with Crippen molar-refractivity contribution in [2.75, 3.05) is 18.5 Å². The smallest absolute Gasteiger partial charge is 0.296 e. The lowest BCUT2D eigenvalue weighted by Gasteiger charge is -2.19. The molecule has 132 valence electrons. The number of hydrogen-bond donors (Lipinski definition) is 1. The number of carbonyl (C=O) groups is 1. The third-order valence-corrected chi connectivity index (χ3v) is 4.61. The zero-order valence-electron chi connectivity index (χ0n) is 13.6. The van der Waals surface area contributed by atoms with Crippen molar-refractivity contribution in [3.05, 3.63) is 49.7 Å². The summed E-state index contributed by atoms with van der Waals surface area (Å²) in [4.78, 5) is 23.9. The van der Waals surface area contributed by atoms with Crippen molar-refractivity contribution in [2.45, 2.75) is 6.92 Å². The van der Waals surface area contributed by atoms with Gasteiger partial charge in [-0.15, -0.1) is 11.3 Å². The Morgan fingerprint density at radius 3 is 2.65 bits per heavy atom. The van der Waals surface area contributed by atoms with Gasteiger partial charge < -0.3 is 14.8 Å². The molecule has 26 heavy (non-hydrogen) atoms. The van der Waals surface area contributed by atoms with Crippen molar-refractivity contribution in [1.82, 2.24) is 0 Å². The van der Waals surface area contributed by atoms with Gasteiger partial charge in [0.25, 0.3) is 11.6 Å². The summed E-state index contributed by atoms with van der Waals surface area (Å²) in [6.07, 6.45) is 1.46. The topological polar surface area (TPSA) is 114 Å². The van der Waals surface area contributed by atoms with E-state index in [1.165, 1.54) is 29.5 Å². The second-order valence-corrected chi connectivity index (χ2v) is 6.31. The Labute approximate surface area is 152 Å². The van der Waals surface area contributed by atoms with E-state index in [0.29, 0.717) is 12.4 Å². The van der Waals surface area contributed by atoms with Crippen molar-refractivity contribution >= 4 is 34.7 Å². The van der Waals surface area contributed by atoms with E-state index in [1.54, 1.807) is 0 Å². The molecule has 1 aliphatic heterocycles. The fourth-order valence-electron chi connectivity index (χ4n) is 2.33. The Bertz CT molecular complexity index is 958. The number of thiophene rings is 1. The highest BCUT2D eigenvalue weighted by atomic mass is 32.1. The van der Waals surface area contributed by atoms with Gasteiger partial charge in [-0.05, 0) is 30.0 Å². The van der Waals surface area contributed by atoms with E-state index in [4.69, 9.17) is 9.47 Å². The second-order valence-electron chi connectivity index (χ2n) is 5.36. The number of nitriles is 1. The van der Waals surface area contributed by atoms with E-state index in [1.807, 2.05) is 24.4 Å². The molecule has 0 unspecified atom stereocenters. The van der Waals surface area contributed by atoms with Gasteiger partial charge in [0.05, 0.1) is 11.0 Å². The van der Waals surface area contributed by atoms with Crippen LogP contribution in [0.15, 0.2) is 29.2 Å². The number of anilines is 1. The summed E-state index contributed by atoms with van der Waals surface area (Å²) in [5.41, 5.74) is 0.376.